The van der Waals surface area contributed by atoms with Crippen molar-refractivity contribution in [2.75, 3.05) is 6.61 Å². The Hall–Kier alpha value is -0.0701. The van der Waals surface area contributed by atoms with Crippen LogP contribution in [-0.4, -0.2) is 45.4 Å². The maximum atomic E-state index is 5.62. The van der Waals surface area contributed by atoms with Gasteiger partial charge in [0.25, 0.3) is 0 Å². The molecule has 0 radical (unpaired) electrons. The van der Waals surface area contributed by atoms with E-state index in [-0.39, 0.29) is 38.8 Å². The third-order valence-electron chi connectivity index (χ3n) is 2.77. The molecule has 76 valence electrons. The summed E-state index contributed by atoms with van der Waals surface area (Å²) >= 11 is 0. The number of ether oxygens (including phenoxy) is 1. The quantitative estimate of drug-likeness (QED) is 0.503. The van der Waals surface area contributed by atoms with Gasteiger partial charge in [-0.1, -0.05) is 0 Å². The minimum absolute atomic E-state index is 0.0138. The molecule has 0 aromatic rings. The van der Waals surface area contributed by atoms with Gasteiger partial charge in [0.05, 0.1) is 18.8 Å². The van der Waals surface area contributed by atoms with Crippen LogP contribution in [0.1, 0.15) is 0 Å². The standard InChI is InChI=1S/C7H12B2O5/c1-8-11-4-3-10-7-6(5(4)12-8)13-9(2)14-7/h4-7H,3H2,1-2H3/t4-,5-,6+,7+/m1/s1. The molecule has 3 rings (SSSR count). The van der Waals surface area contributed by atoms with Crippen LogP contribution < -0.4 is 0 Å². The maximum absolute atomic E-state index is 5.62. The minimum atomic E-state index is -0.292. The summed E-state index contributed by atoms with van der Waals surface area (Å²) in [4.78, 5) is 0. The van der Waals surface area contributed by atoms with E-state index in [1.807, 2.05) is 13.6 Å². The van der Waals surface area contributed by atoms with Crippen LogP contribution in [0.5, 0.6) is 0 Å². The molecule has 0 aromatic carbocycles. The van der Waals surface area contributed by atoms with E-state index in [1.54, 1.807) is 0 Å². The number of rotatable bonds is 0. The van der Waals surface area contributed by atoms with Gasteiger partial charge in [-0.3, -0.25) is 0 Å². The Morgan fingerprint density at radius 2 is 1.64 bits per heavy atom. The average molecular weight is 198 g/mol. The second-order valence-corrected chi connectivity index (χ2v) is 3.85. The lowest BCUT2D eigenvalue weighted by Gasteiger charge is -2.33. The molecule has 3 heterocycles. The third kappa shape index (κ3) is 1.31. The first kappa shape index (κ1) is 9.18. The highest BCUT2D eigenvalue weighted by molar-refractivity contribution is 6.44. The number of hydrogen-bond acceptors (Lipinski definition) is 5. The second kappa shape index (κ2) is 3.21. The second-order valence-electron chi connectivity index (χ2n) is 3.85. The Kier molecular flexibility index (Phi) is 2.11. The Morgan fingerprint density at radius 1 is 0.929 bits per heavy atom. The van der Waals surface area contributed by atoms with Crippen molar-refractivity contribution >= 4 is 14.2 Å². The normalized spacial score (nSPS) is 46.7. The summed E-state index contributed by atoms with van der Waals surface area (Å²) in [5.74, 6) is 0. The van der Waals surface area contributed by atoms with E-state index in [2.05, 4.69) is 0 Å². The molecule has 0 saturated carbocycles. The maximum Gasteiger partial charge on any atom is 0.455 e. The minimum Gasteiger partial charge on any atom is -0.403 e. The van der Waals surface area contributed by atoms with Crippen LogP contribution >= 0.6 is 0 Å². The van der Waals surface area contributed by atoms with Crippen LogP contribution in [0.2, 0.25) is 13.6 Å². The zero-order chi connectivity index (χ0) is 9.71. The Bertz CT molecular complexity index is 216. The van der Waals surface area contributed by atoms with Crippen LogP contribution in [-0.2, 0) is 23.4 Å². The van der Waals surface area contributed by atoms with Crippen molar-refractivity contribution in [3.63, 3.8) is 0 Å². The average Bonchev–Trinajstić information content (AvgIpc) is 2.65. The molecule has 3 aliphatic heterocycles. The summed E-state index contributed by atoms with van der Waals surface area (Å²) in [5.41, 5.74) is 0. The first-order chi connectivity index (χ1) is 6.74. The van der Waals surface area contributed by atoms with Crippen molar-refractivity contribution in [1.29, 1.82) is 0 Å². The lowest BCUT2D eigenvalue weighted by atomic mass is 9.96. The number of hydrogen-bond donors (Lipinski definition) is 0. The highest BCUT2D eigenvalue weighted by atomic mass is 16.8. The van der Waals surface area contributed by atoms with E-state index in [4.69, 9.17) is 23.4 Å². The first-order valence-electron chi connectivity index (χ1n) is 4.97. The molecule has 4 atom stereocenters. The van der Waals surface area contributed by atoms with E-state index in [9.17, 15) is 0 Å². The highest BCUT2D eigenvalue weighted by Crippen LogP contribution is 2.33. The molecular formula is C7H12B2O5. The van der Waals surface area contributed by atoms with Crippen molar-refractivity contribution in [3.8, 4) is 0 Å². The lowest BCUT2D eigenvalue weighted by Crippen LogP contribution is -2.49. The van der Waals surface area contributed by atoms with Crippen molar-refractivity contribution in [2.45, 2.75) is 38.2 Å². The molecule has 0 aromatic heterocycles. The molecular weight excluding hydrogens is 186 g/mol. The number of fused-ring (bicyclic) bond motifs is 3. The van der Waals surface area contributed by atoms with Crippen molar-refractivity contribution in [3.05, 3.63) is 0 Å². The molecule has 3 aliphatic rings. The summed E-state index contributed by atoms with van der Waals surface area (Å²) in [6.07, 6.45) is -0.498. The van der Waals surface area contributed by atoms with Crippen LogP contribution in [0.15, 0.2) is 0 Å². The topological polar surface area (TPSA) is 46.2 Å². The van der Waals surface area contributed by atoms with Gasteiger partial charge < -0.3 is 23.4 Å². The van der Waals surface area contributed by atoms with Crippen LogP contribution in [0.4, 0.5) is 0 Å². The van der Waals surface area contributed by atoms with Gasteiger partial charge in [-0.2, -0.15) is 0 Å². The van der Waals surface area contributed by atoms with Crippen molar-refractivity contribution in [2.24, 2.45) is 0 Å². The van der Waals surface area contributed by atoms with Gasteiger partial charge in [-0.25, -0.2) is 0 Å². The first-order valence-corrected chi connectivity index (χ1v) is 4.97. The largest absolute Gasteiger partial charge is 0.455 e. The predicted molar refractivity (Wildman–Crippen MR) is 48.7 cm³/mol. The fraction of sp³-hybridized carbons (Fsp3) is 1.00. The van der Waals surface area contributed by atoms with Crippen molar-refractivity contribution < 1.29 is 23.4 Å². The highest BCUT2D eigenvalue weighted by Gasteiger charge is 2.53. The van der Waals surface area contributed by atoms with E-state index in [0.29, 0.717) is 6.61 Å². The van der Waals surface area contributed by atoms with Gasteiger partial charge in [-0.15, -0.1) is 0 Å². The van der Waals surface area contributed by atoms with E-state index < -0.39 is 0 Å². The van der Waals surface area contributed by atoms with Crippen LogP contribution in [0, 0.1) is 0 Å². The van der Waals surface area contributed by atoms with Gasteiger partial charge in [0, 0.05) is 0 Å². The lowest BCUT2D eigenvalue weighted by molar-refractivity contribution is -0.177. The molecule has 0 N–H and O–H groups in total. The molecule has 0 bridgehead atoms. The van der Waals surface area contributed by atoms with Crippen molar-refractivity contribution in [1.82, 2.24) is 0 Å². The summed E-state index contributed by atoms with van der Waals surface area (Å²) in [6.45, 7) is 4.26. The molecule has 0 amide bonds. The summed E-state index contributed by atoms with van der Waals surface area (Å²) in [7, 11) is -0.393. The molecule has 14 heavy (non-hydrogen) atoms. The molecule has 5 nitrogen and oxygen atoms in total. The van der Waals surface area contributed by atoms with Crippen LogP contribution in [0.25, 0.3) is 0 Å². The Balaban J connectivity index is 1.78. The SMILES string of the molecule is CB1O[C@@H]2OC[C@H]3OB(C)O[C@H]3[C@@H]2O1. The fourth-order valence-corrected chi connectivity index (χ4v) is 2.23. The van der Waals surface area contributed by atoms with Gasteiger partial charge in [-0.05, 0) is 13.6 Å². The van der Waals surface area contributed by atoms with E-state index in [1.165, 1.54) is 0 Å². The molecule has 0 spiro atoms. The molecule has 0 unspecified atom stereocenters. The zero-order valence-corrected chi connectivity index (χ0v) is 8.21. The third-order valence-corrected chi connectivity index (χ3v) is 2.77. The molecule has 3 fully saturated rings. The van der Waals surface area contributed by atoms with E-state index in [0.717, 1.165) is 0 Å². The van der Waals surface area contributed by atoms with Gasteiger partial charge >= 0.3 is 14.2 Å². The fourth-order valence-electron chi connectivity index (χ4n) is 2.23. The summed E-state index contributed by atoms with van der Waals surface area (Å²) in [6, 6.07) is 0. The van der Waals surface area contributed by atoms with Gasteiger partial charge in [0.1, 0.15) is 6.10 Å². The van der Waals surface area contributed by atoms with E-state index >= 15 is 0 Å². The Labute approximate surface area is 83.3 Å². The molecule has 7 heteroatoms. The molecule has 3 saturated heterocycles. The predicted octanol–water partition coefficient (Wildman–Crippen LogP) is -0.222. The summed E-state index contributed by atoms with van der Waals surface area (Å²) < 4.78 is 27.6. The van der Waals surface area contributed by atoms with Gasteiger partial charge in [0.2, 0.25) is 0 Å². The van der Waals surface area contributed by atoms with Crippen LogP contribution in [0.3, 0.4) is 0 Å². The van der Waals surface area contributed by atoms with Gasteiger partial charge in [0.15, 0.2) is 6.29 Å². The zero-order valence-electron chi connectivity index (χ0n) is 8.21. The summed E-state index contributed by atoms with van der Waals surface area (Å²) in [5, 5.41) is 0. The Morgan fingerprint density at radius 3 is 2.50 bits per heavy atom. The smallest absolute Gasteiger partial charge is 0.403 e. The monoisotopic (exact) mass is 198 g/mol. The molecule has 0 aliphatic carbocycles.